The third-order valence-corrected chi connectivity index (χ3v) is 4.45. The van der Waals surface area contributed by atoms with E-state index in [2.05, 4.69) is 10.3 Å². The molecular weight excluding hydrogens is 336 g/mol. The number of carbonyl (C=O) groups excluding carboxylic acids is 1. The summed E-state index contributed by atoms with van der Waals surface area (Å²) in [4.78, 5) is 16.4. The standard InChI is InChI=1S/C19H20N2O3S/c1-2-23-15-9-4-5-10-16(15)24-13-7-12-18(22)21-19-20-14-8-3-6-11-17(14)25-19/h3-6,8-11H,2,7,12-13H2,1H3,(H,20,21,22). The Morgan fingerprint density at radius 2 is 1.80 bits per heavy atom. The lowest BCUT2D eigenvalue weighted by molar-refractivity contribution is -0.116. The van der Waals surface area contributed by atoms with E-state index in [1.165, 1.54) is 11.3 Å². The SMILES string of the molecule is CCOc1ccccc1OCCCC(=O)Nc1nc2ccccc2s1. The fraction of sp³-hybridized carbons (Fsp3) is 0.263. The van der Waals surface area contributed by atoms with Crippen LogP contribution in [0.15, 0.2) is 48.5 Å². The molecule has 1 aromatic heterocycles. The zero-order valence-electron chi connectivity index (χ0n) is 14.0. The number of nitrogens with one attached hydrogen (secondary N) is 1. The topological polar surface area (TPSA) is 60.5 Å². The Labute approximate surface area is 150 Å². The molecule has 0 radical (unpaired) electrons. The number of nitrogens with zero attached hydrogens (tertiary/aromatic N) is 1. The van der Waals surface area contributed by atoms with Crippen LogP contribution in [-0.4, -0.2) is 24.1 Å². The summed E-state index contributed by atoms with van der Waals surface area (Å²) in [6.45, 7) is 2.98. The van der Waals surface area contributed by atoms with Crippen molar-refractivity contribution in [2.24, 2.45) is 0 Å². The zero-order valence-corrected chi connectivity index (χ0v) is 14.8. The van der Waals surface area contributed by atoms with Gasteiger partial charge in [0.2, 0.25) is 5.91 Å². The Balaban J connectivity index is 1.45. The van der Waals surface area contributed by atoms with Crippen LogP contribution in [0, 0.1) is 0 Å². The molecule has 0 aliphatic carbocycles. The zero-order chi connectivity index (χ0) is 17.5. The second kappa shape index (κ2) is 8.48. The molecular formula is C19H20N2O3S. The number of benzene rings is 2. The molecule has 130 valence electrons. The van der Waals surface area contributed by atoms with Crippen LogP contribution in [0.1, 0.15) is 19.8 Å². The van der Waals surface area contributed by atoms with Gasteiger partial charge in [0.25, 0.3) is 0 Å². The number of fused-ring (bicyclic) bond motifs is 1. The molecule has 0 spiro atoms. The van der Waals surface area contributed by atoms with Crippen molar-refractivity contribution in [3.05, 3.63) is 48.5 Å². The molecule has 3 aromatic rings. The van der Waals surface area contributed by atoms with Crippen LogP contribution in [-0.2, 0) is 4.79 Å². The predicted octanol–water partition coefficient (Wildman–Crippen LogP) is 4.49. The molecule has 5 nitrogen and oxygen atoms in total. The van der Waals surface area contributed by atoms with E-state index in [9.17, 15) is 4.79 Å². The first-order chi connectivity index (χ1) is 12.3. The predicted molar refractivity (Wildman–Crippen MR) is 101 cm³/mol. The number of amides is 1. The number of hydrogen-bond donors (Lipinski definition) is 1. The Morgan fingerprint density at radius 3 is 2.56 bits per heavy atom. The van der Waals surface area contributed by atoms with E-state index in [0.717, 1.165) is 16.0 Å². The number of thiazole rings is 1. The number of anilines is 1. The van der Waals surface area contributed by atoms with E-state index in [4.69, 9.17) is 9.47 Å². The largest absolute Gasteiger partial charge is 0.490 e. The summed E-state index contributed by atoms with van der Waals surface area (Å²) >= 11 is 1.48. The van der Waals surface area contributed by atoms with Gasteiger partial charge in [0.1, 0.15) is 0 Å². The first kappa shape index (κ1) is 17.2. The van der Waals surface area contributed by atoms with Gasteiger partial charge in [-0.15, -0.1) is 0 Å². The van der Waals surface area contributed by atoms with E-state index in [1.54, 1.807) is 0 Å². The van der Waals surface area contributed by atoms with Gasteiger partial charge in [-0.05, 0) is 37.6 Å². The molecule has 3 rings (SSSR count). The van der Waals surface area contributed by atoms with E-state index >= 15 is 0 Å². The van der Waals surface area contributed by atoms with E-state index < -0.39 is 0 Å². The minimum atomic E-state index is -0.0549. The van der Waals surface area contributed by atoms with Crippen LogP contribution in [0.25, 0.3) is 10.2 Å². The van der Waals surface area contributed by atoms with E-state index in [1.807, 2.05) is 55.5 Å². The second-order valence-corrected chi connectivity index (χ2v) is 6.40. The van der Waals surface area contributed by atoms with Crippen molar-refractivity contribution in [2.75, 3.05) is 18.5 Å². The highest BCUT2D eigenvalue weighted by Gasteiger charge is 2.08. The van der Waals surface area contributed by atoms with Crippen LogP contribution in [0.2, 0.25) is 0 Å². The van der Waals surface area contributed by atoms with Crippen molar-refractivity contribution in [1.29, 1.82) is 0 Å². The van der Waals surface area contributed by atoms with Gasteiger partial charge in [-0.1, -0.05) is 35.6 Å². The van der Waals surface area contributed by atoms with Crippen LogP contribution in [0.5, 0.6) is 11.5 Å². The molecule has 6 heteroatoms. The maximum absolute atomic E-state index is 12.0. The minimum Gasteiger partial charge on any atom is -0.490 e. The van der Waals surface area contributed by atoms with Crippen molar-refractivity contribution in [2.45, 2.75) is 19.8 Å². The second-order valence-electron chi connectivity index (χ2n) is 5.37. The summed E-state index contributed by atoms with van der Waals surface area (Å²) in [5.74, 6) is 1.38. The molecule has 0 saturated heterocycles. The number of hydrogen-bond acceptors (Lipinski definition) is 5. The third kappa shape index (κ3) is 4.70. The maximum atomic E-state index is 12.0. The molecule has 0 aliphatic rings. The van der Waals surface area contributed by atoms with Gasteiger partial charge in [0.15, 0.2) is 16.6 Å². The van der Waals surface area contributed by atoms with Crippen LogP contribution in [0.3, 0.4) is 0 Å². The third-order valence-electron chi connectivity index (χ3n) is 3.49. The Bertz CT molecular complexity index is 814. The summed E-state index contributed by atoms with van der Waals surface area (Å²) in [5.41, 5.74) is 0.902. The summed E-state index contributed by atoms with van der Waals surface area (Å²) in [6, 6.07) is 15.4. The lowest BCUT2D eigenvalue weighted by Crippen LogP contribution is -2.12. The number of para-hydroxylation sites is 3. The molecule has 0 fully saturated rings. The molecule has 0 bridgehead atoms. The first-order valence-electron chi connectivity index (χ1n) is 8.26. The highest BCUT2D eigenvalue weighted by molar-refractivity contribution is 7.22. The summed E-state index contributed by atoms with van der Waals surface area (Å²) in [7, 11) is 0. The maximum Gasteiger partial charge on any atom is 0.226 e. The molecule has 1 N–H and O–H groups in total. The van der Waals surface area contributed by atoms with Gasteiger partial charge in [0.05, 0.1) is 23.4 Å². The van der Waals surface area contributed by atoms with Crippen LogP contribution >= 0.6 is 11.3 Å². The van der Waals surface area contributed by atoms with Gasteiger partial charge in [0, 0.05) is 6.42 Å². The van der Waals surface area contributed by atoms with Gasteiger partial charge >= 0.3 is 0 Å². The summed E-state index contributed by atoms with van der Waals surface area (Å²) in [5, 5.41) is 3.48. The van der Waals surface area contributed by atoms with Crippen molar-refractivity contribution < 1.29 is 14.3 Å². The van der Waals surface area contributed by atoms with Crippen molar-refractivity contribution in [3.8, 4) is 11.5 Å². The monoisotopic (exact) mass is 356 g/mol. The minimum absolute atomic E-state index is 0.0549. The quantitative estimate of drug-likeness (QED) is 0.604. The lowest BCUT2D eigenvalue weighted by atomic mass is 10.3. The van der Waals surface area contributed by atoms with Crippen molar-refractivity contribution in [1.82, 2.24) is 4.98 Å². The molecule has 0 atom stereocenters. The Morgan fingerprint density at radius 1 is 1.08 bits per heavy atom. The highest BCUT2D eigenvalue weighted by atomic mass is 32.1. The fourth-order valence-electron chi connectivity index (χ4n) is 2.37. The summed E-state index contributed by atoms with van der Waals surface area (Å²) in [6.07, 6.45) is 1.00. The molecule has 1 heterocycles. The number of aromatic nitrogens is 1. The summed E-state index contributed by atoms with van der Waals surface area (Å²) < 4.78 is 12.3. The smallest absolute Gasteiger partial charge is 0.226 e. The Hall–Kier alpha value is -2.60. The van der Waals surface area contributed by atoms with Gasteiger partial charge < -0.3 is 14.8 Å². The van der Waals surface area contributed by atoms with Crippen molar-refractivity contribution in [3.63, 3.8) is 0 Å². The number of carbonyl (C=O) groups is 1. The highest BCUT2D eigenvalue weighted by Crippen LogP contribution is 2.27. The first-order valence-corrected chi connectivity index (χ1v) is 9.08. The molecule has 25 heavy (non-hydrogen) atoms. The molecule has 0 saturated carbocycles. The molecule has 2 aromatic carbocycles. The lowest BCUT2D eigenvalue weighted by Gasteiger charge is -2.11. The molecule has 0 aliphatic heterocycles. The van der Waals surface area contributed by atoms with E-state index in [0.29, 0.717) is 36.9 Å². The fourth-order valence-corrected chi connectivity index (χ4v) is 3.25. The van der Waals surface area contributed by atoms with E-state index in [-0.39, 0.29) is 5.91 Å². The van der Waals surface area contributed by atoms with Gasteiger partial charge in [-0.3, -0.25) is 4.79 Å². The van der Waals surface area contributed by atoms with Gasteiger partial charge in [-0.25, -0.2) is 4.98 Å². The van der Waals surface area contributed by atoms with Crippen molar-refractivity contribution >= 4 is 32.6 Å². The molecule has 0 unspecified atom stereocenters. The normalized spacial score (nSPS) is 10.6. The average molecular weight is 356 g/mol. The number of ether oxygens (including phenoxy) is 2. The number of rotatable bonds is 8. The van der Waals surface area contributed by atoms with Crippen LogP contribution < -0.4 is 14.8 Å². The van der Waals surface area contributed by atoms with Gasteiger partial charge in [-0.2, -0.15) is 0 Å². The molecule has 1 amide bonds. The average Bonchev–Trinajstić information content (AvgIpc) is 3.02. The Kier molecular flexibility index (Phi) is 5.85. The van der Waals surface area contributed by atoms with Crippen LogP contribution in [0.4, 0.5) is 5.13 Å².